The number of hydrogen-bond acceptors (Lipinski definition) is 7. The molecule has 0 radical (unpaired) electrons. The summed E-state index contributed by atoms with van der Waals surface area (Å²) in [6.45, 7) is 5.78. The predicted molar refractivity (Wildman–Crippen MR) is 88.3 cm³/mol. The van der Waals surface area contributed by atoms with Crippen LogP contribution in [-0.2, 0) is 25.5 Å². The van der Waals surface area contributed by atoms with Gasteiger partial charge in [0.2, 0.25) is 0 Å². The molecule has 1 N–H and O–H groups in total. The fraction of sp³-hybridized carbons (Fsp3) is 0.556. The number of carbonyl (C=O) groups excluding carboxylic acids is 2. The van der Waals surface area contributed by atoms with E-state index in [-0.39, 0.29) is 17.9 Å². The number of esters is 2. The summed E-state index contributed by atoms with van der Waals surface area (Å²) in [5, 5.41) is 10.3. The van der Waals surface area contributed by atoms with Crippen molar-refractivity contribution in [3.8, 4) is 11.5 Å². The Kier molecular flexibility index (Phi) is 5.94. The number of ether oxygens (including phenoxy) is 4. The van der Waals surface area contributed by atoms with Crippen molar-refractivity contribution in [2.24, 2.45) is 5.92 Å². The second kappa shape index (κ2) is 7.67. The number of aliphatic hydroxyl groups excluding tert-OH is 1. The molecule has 27 heavy (non-hydrogen) atoms. The van der Waals surface area contributed by atoms with E-state index in [4.69, 9.17) is 9.47 Å². The number of carbonyl (C=O) groups is 2. The number of rotatable bonds is 6. The molecule has 0 aliphatic carbocycles. The van der Waals surface area contributed by atoms with Gasteiger partial charge in [-0.1, -0.05) is 6.07 Å². The minimum atomic E-state index is -3.75. The number of halogens is 2. The van der Waals surface area contributed by atoms with Gasteiger partial charge in [0.25, 0.3) is 0 Å². The Hall–Kier alpha value is -2.42. The van der Waals surface area contributed by atoms with Crippen LogP contribution in [0.4, 0.5) is 8.78 Å². The van der Waals surface area contributed by atoms with Gasteiger partial charge in [0, 0.05) is 6.92 Å². The lowest BCUT2D eigenvalue weighted by atomic mass is 9.93. The Bertz CT molecular complexity index is 712. The molecule has 1 aliphatic rings. The molecular formula is C18H22F2O7. The van der Waals surface area contributed by atoms with Crippen molar-refractivity contribution in [2.75, 3.05) is 6.61 Å². The van der Waals surface area contributed by atoms with E-state index >= 15 is 0 Å². The summed E-state index contributed by atoms with van der Waals surface area (Å²) < 4.78 is 45.1. The third kappa shape index (κ3) is 6.06. The molecule has 150 valence electrons. The first-order valence-electron chi connectivity index (χ1n) is 8.29. The zero-order valence-electron chi connectivity index (χ0n) is 15.5. The SMILES string of the molecule is CC(=O)OC[C@H](O)[C@H](Cc1ccc2c(c1)OC(F)(F)O2)C(=O)OC(C)(C)C. The van der Waals surface area contributed by atoms with Gasteiger partial charge in [-0.05, 0) is 44.9 Å². The van der Waals surface area contributed by atoms with Crippen molar-refractivity contribution >= 4 is 11.9 Å². The lowest BCUT2D eigenvalue weighted by Gasteiger charge is -2.26. The van der Waals surface area contributed by atoms with E-state index in [1.54, 1.807) is 20.8 Å². The molecule has 1 aromatic rings. The standard InChI is InChI=1S/C18H22F2O7/c1-10(21)24-9-13(22)12(16(23)27-17(2,3)4)7-11-5-6-14-15(8-11)26-18(19,20)25-14/h5-6,8,12-13,22H,7,9H2,1-4H3/t12-,13-/m0/s1. The molecular weight excluding hydrogens is 366 g/mol. The summed E-state index contributed by atoms with van der Waals surface area (Å²) in [4.78, 5) is 23.5. The van der Waals surface area contributed by atoms with Crippen LogP contribution in [0.1, 0.15) is 33.3 Å². The number of fused-ring (bicyclic) bond motifs is 1. The van der Waals surface area contributed by atoms with Crippen molar-refractivity contribution in [1.82, 2.24) is 0 Å². The van der Waals surface area contributed by atoms with Crippen molar-refractivity contribution in [3.05, 3.63) is 23.8 Å². The lowest BCUT2D eigenvalue weighted by molar-refractivity contribution is -0.286. The van der Waals surface area contributed by atoms with Crippen molar-refractivity contribution in [2.45, 2.75) is 52.1 Å². The monoisotopic (exact) mass is 388 g/mol. The van der Waals surface area contributed by atoms with E-state index in [1.165, 1.54) is 25.1 Å². The summed E-state index contributed by atoms with van der Waals surface area (Å²) in [5.41, 5.74) is -0.360. The molecule has 0 bridgehead atoms. The van der Waals surface area contributed by atoms with Gasteiger partial charge in [0.1, 0.15) is 18.3 Å². The Morgan fingerprint density at radius 1 is 1.22 bits per heavy atom. The highest BCUT2D eigenvalue weighted by molar-refractivity contribution is 5.74. The van der Waals surface area contributed by atoms with Gasteiger partial charge in [-0.3, -0.25) is 9.59 Å². The summed E-state index contributed by atoms with van der Waals surface area (Å²) in [6, 6.07) is 4.06. The zero-order chi connectivity index (χ0) is 20.4. The number of hydrogen-bond donors (Lipinski definition) is 1. The molecule has 2 rings (SSSR count). The summed E-state index contributed by atoms with van der Waals surface area (Å²) in [7, 11) is 0. The van der Waals surface area contributed by atoms with Crippen LogP contribution in [0.15, 0.2) is 18.2 Å². The second-order valence-corrected chi connectivity index (χ2v) is 7.16. The van der Waals surface area contributed by atoms with Crippen LogP contribution in [0.5, 0.6) is 11.5 Å². The Balaban J connectivity index is 2.18. The summed E-state index contributed by atoms with van der Waals surface area (Å²) in [5.74, 6) is -2.69. The first kappa shape index (κ1) is 20.9. The maximum atomic E-state index is 13.1. The Labute approximate surface area is 155 Å². The average molecular weight is 388 g/mol. The molecule has 1 aromatic carbocycles. The quantitative estimate of drug-likeness (QED) is 0.749. The smallest absolute Gasteiger partial charge is 0.463 e. The number of benzene rings is 1. The fourth-order valence-electron chi connectivity index (χ4n) is 2.45. The molecule has 2 atom stereocenters. The molecule has 0 aromatic heterocycles. The van der Waals surface area contributed by atoms with Gasteiger partial charge in [-0.25, -0.2) is 0 Å². The maximum Gasteiger partial charge on any atom is 0.586 e. The topological polar surface area (TPSA) is 91.3 Å². The van der Waals surface area contributed by atoms with Crippen molar-refractivity contribution < 1.29 is 42.4 Å². The molecule has 0 saturated heterocycles. The molecule has 0 unspecified atom stereocenters. The molecule has 0 saturated carbocycles. The van der Waals surface area contributed by atoms with Gasteiger partial charge < -0.3 is 24.1 Å². The number of aliphatic hydroxyl groups is 1. The van der Waals surface area contributed by atoms with E-state index in [1.807, 2.05) is 0 Å². The first-order valence-corrected chi connectivity index (χ1v) is 8.29. The Morgan fingerprint density at radius 3 is 2.44 bits per heavy atom. The average Bonchev–Trinajstić information content (AvgIpc) is 2.81. The summed E-state index contributed by atoms with van der Waals surface area (Å²) in [6.07, 6.45) is -5.13. The van der Waals surface area contributed by atoms with Gasteiger partial charge in [0.15, 0.2) is 11.5 Å². The maximum absolute atomic E-state index is 13.1. The van der Waals surface area contributed by atoms with Gasteiger partial charge >= 0.3 is 18.2 Å². The van der Waals surface area contributed by atoms with Gasteiger partial charge in [-0.2, -0.15) is 0 Å². The Morgan fingerprint density at radius 2 is 1.85 bits per heavy atom. The predicted octanol–water partition coefficient (Wildman–Crippen LogP) is 2.43. The third-order valence-corrected chi connectivity index (χ3v) is 3.55. The van der Waals surface area contributed by atoms with E-state index in [0.29, 0.717) is 5.56 Å². The highest BCUT2D eigenvalue weighted by atomic mass is 19.3. The van der Waals surface area contributed by atoms with Crippen LogP contribution in [0.25, 0.3) is 0 Å². The zero-order valence-corrected chi connectivity index (χ0v) is 15.5. The largest absolute Gasteiger partial charge is 0.586 e. The molecule has 1 aliphatic heterocycles. The molecule has 0 spiro atoms. The van der Waals surface area contributed by atoms with Crippen LogP contribution in [0, 0.1) is 5.92 Å². The highest BCUT2D eigenvalue weighted by Gasteiger charge is 2.43. The highest BCUT2D eigenvalue weighted by Crippen LogP contribution is 2.41. The molecule has 0 amide bonds. The van der Waals surface area contributed by atoms with Crippen LogP contribution in [0.3, 0.4) is 0 Å². The van der Waals surface area contributed by atoms with Crippen LogP contribution in [-0.4, -0.2) is 41.7 Å². The molecule has 0 fully saturated rings. The molecule has 9 heteroatoms. The first-order chi connectivity index (χ1) is 12.4. The van der Waals surface area contributed by atoms with Crippen LogP contribution >= 0.6 is 0 Å². The molecule has 1 heterocycles. The minimum absolute atomic E-state index is 0.0421. The molecule has 7 nitrogen and oxygen atoms in total. The summed E-state index contributed by atoms with van der Waals surface area (Å²) >= 11 is 0. The normalized spacial score (nSPS) is 17.1. The number of alkyl halides is 2. The minimum Gasteiger partial charge on any atom is -0.463 e. The fourth-order valence-corrected chi connectivity index (χ4v) is 2.45. The lowest BCUT2D eigenvalue weighted by Crippen LogP contribution is -2.38. The van der Waals surface area contributed by atoms with Crippen molar-refractivity contribution in [3.63, 3.8) is 0 Å². The van der Waals surface area contributed by atoms with Gasteiger partial charge in [-0.15, -0.1) is 8.78 Å². The van der Waals surface area contributed by atoms with Gasteiger partial charge in [0.05, 0.1) is 5.92 Å². The van der Waals surface area contributed by atoms with E-state index in [2.05, 4.69) is 9.47 Å². The van der Waals surface area contributed by atoms with Crippen molar-refractivity contribution in [1.29, 1.82) is 0 Å². The second-order valence-electron chi connectivity index (χ2n) is 7.16. The van der Waals surface area contributed by atoms with Crippen LogP contribution in [0.2, 0.25) is 0 Å². The van der Waals surface area contributed by atoms with E-state index in [9.17, 15) is 23.5 Å². The van der Waals surface area contributed by atoms with E-state index < -0.39 is 42.5 Å². The van der Waals surface area contributed by atoms with E-state index in [0.717, 1.165) is 0 Å². The van der Waals surface area contributed by atoms with Crippen LogP contribution < -0.4 is 9.47 Å². The third-order valence-electron chi connectivity index (χ3n) is 3.55.